The van der Waals surface area contributed by atoms with Crippen molar-refractivity contribution in [2.45, 2.75) is 63.9 Å². The Morgan fingerprint density at radius 1 is 1.19 bits per heavy atom. The lowest BCUT2D eigenvalue weighted by Gasteiger charge is -2.39. The van der Waals surface area contributed by atoms with Crippen LogP contribution in [0, 0.1) is 5.92 Å². The Kier molecular flexibility index (Phi) is 9.27. The molecule has 1 aliphatic carbocycles. The van der Waals surface area contributed by atoms with E-state index < -0.39 is 0 Å². The second-order valence-corrected chi connectivity index (χ2v) is 10.8. The van der Waals surface area contributed by atoms with Gasteiger partial charge in [-0.25, -0.2) is 9.78 Å². The van der Waals surface area contributed by atoms with Crippen molar-refractivity contribution in [3.63, 3.8) is 0 Å². The number of allylic oxidation sites excluding steroid dienone is 4. The van der Waals surface area contributed by atoms with E-state index in [0.29, 0.717) is 19.6 Å². The maximum atomic E-state index is 13.9. The van der Waals surface area contributed by atoms with E-state index in [1.165, 1.54) is 12.0 Å². The number of amides is 2. The largest absolute Gasteiger partial charge is 0.330 e. The number of nitrogens with two attached hydrogens (primary N) is 1. The van der Waals surface area contributed by atoms with Gasteiger partial charge in [-0.2, -0.15) is 0 Å². The summed E-state index contributed by atoms with van der Waals surface area (Å²) < 4.78 is 2.23. The van der Waals surface area contributed by atoms with Gasteiger partial charge < -0.3 is 20.1 Å². The van der Waals surface area contributed by atoms with Crippen LogP contribution in [0.15, 0.2) is 54.8 Å². The fourth-order valence-electron chi connectivity index (χ4n) is 5.24. The molecule has 1 aromatic heterocycles. The maximum absolute atomic E-state index is 13.9. The Labute approximate surface area is 220 Å². The molecule has 7 heteroatoms. The highest BCUT2D eigenvalue weighted by Crippen LogP contribution is 2.33. The van der Waals surface area contributed by atoms with E-state index in [9.17, 15) is 4.79 Å². The summed E-state index contributed by atoms with van der Waals surface area (Å²) in [4.78, 5) is 23.1. The number of carbonyl (C=O) groups is 1. The summed E-state index contributed by atoms with van der Waals surface area (Å²) >= 11 is 6.45. The number of carbonyl (C=O) groups excluding carboxylic acids is 1. The standard InChI is InChI=1S/C29H40ClN5O/c1-22(2)27(35(18-10-15-31)29(36)33-16-7-4-8-17-33)28-32-26(24-13-9-14-25(30)19-24)21-34(28)20-23-11-5-3-6-12-23/h3,5-6,9,11-14,21-22,25,27H,4,7-8,10,15-20,31H2,1-2H3/t25?,27-/m1/s1. The Morgan fingerprint density at radius 3 is 2.61 bits per heavy atom. The molecule has 0 spiro atoms. The number of piperidine rings is 1. The van der Waals surface area contributed by atoms with Crippen molar-refractivity contribution in [3.8, 4) is 0 Å². The Bertz CT molecular complexity index is 1050. The van der Waals surface area contributed by atoms with Gasteiger partial charge in [0, 0.05) is 32.4 Å². The molecule has 6 nitrogen and oxygen atoms in total. The summed E-state index contributed by atoms with van der Waals surface area (Å²) in [6.45, 7) is 7.88. The highest BCUT2D eigenvalue weighted by molar-refractivity contribution is 6.22. The first-order valence-corrected chi connectivity index (χ1v) is 13.8. The van der Waals surface area contributed by atoms with Crippen LogP contribution >= 0.6 is 11.6 Å². The van der Waals surface area contributed by atoms with Crippen LogP contribution in [0.2, 0.25) is 0 Å². The number of urea groups is 1. The topological polar surface area (TPSA) is 67.4 Å². The Balaban J connectivity index is 1.75. The number of benzene rings is 1. The van der Waals surface area contributed by atoms with Gasteiger partial charge in [-0.05, 0) is 55.7 Å². The molecule has 1 unspecified atom stereocenters. The molecule has 0 radical (unpaired) electrons. The smallest absolute Gasteiger partial charge is 0.320 e. The van der Waals surface area contributed by atoms with E-state index in [2.05, 4.69) is 55.0 Å². The molecule has 1 aromatic carbocycles. The van der Waals surface area contributed by atoms with Crippen LogP contribution in [0.5, 0.6) is 0 Å². The van der Waals surface area contributed by atoms with E-state index in [1.807, 2.05) is 28.0 Å². The summed E-state index contributed by atoms with van der Waals surface area (Å²) in [7, 11) is 0. The van der Waals surface area contributed by atoms with Crippen molar-refractivity contribution in [3.05, 3.63) is 71.8 Å². The number of imidazole rings is 1. The molecule has 2 aromatic rings. The third kappa shape index (κ3) is 6.40. The Hall–Kier alpha value is -2.57. The van der Waals surface area contributed by atoms with Gasteiger partial charge in [0.15, 0.2) is 0 Å². The zero-order valence-electron chi connectivity index (χ0n) is 21.7. The van der Waals surface area contributed by atoms with Crippen LogP contribution in [-0.2, 0) is 6.54 Å². The van der Waals surface area contributed by atoms with E-state index >= 15 is 0 Å². The van der Waals surface area contributed by atoms with Crippen LogP contribution in [0.4, 0.5) is 4.79 Å². The molecule has 2 amide bonds. The van der Waals surface area contributed by atoms with Gasteiger partial charge >= 0.3 is 6.03 Å². The van der Waals surface area contributed by atoms with E-state index in [4.69, 9.17) is 22.3 Å². The molecule has 1 aliphatic heterocycles. The molecule has 2 N–H and O–H groups in total. The van der Waals surface area contributed by atoms with Crippen LogP contribution in [0.25, 0.3) is 5.57 Å². The predicted octanol–water partition coefficient (Wildman–Crippen LogP) is 5.84. The maximum Gasteiger partial charge on any atom is 0.320 e. The molecule has 1 saturated heterocycles. The van der Waals surface area contributed by atoms with Gasteiger partial charge in [0.05, 0.1) is 17.1 Å². The molecular weight excluding hydrogens is 470 g/mol. The lowest BCUT2D eigenvalue weighted by molar-refractivity contribution is 0.106. The minimum absolute atomic E-state index is 0.0321. The average Bonchev–Trinajstić information content (AvgIpc) is 3.30. The van der Waals surface area contributed by atoms with Crippen molar-refractivity contribution < 1.29 is 4.79 Å². The first-order chi connectivity index (χ1) is 17.5. The zero-order valence-corrected chi connectivity index (χ0v) is 22.4. The molecule has 2 heterocycles. The van der Waals surface area contributed by atoms with Crippen LogP contribution in [0.1, 0.15) is 69.1 Å². The third-order valence-corrected chi connectivity index (χ3v) is 7.37. The summed E-state index contributed by atoms with van der Waals surface area (Å²) in [6, 6.07) is 10.4. The first-order valence-electron chi connectivity index (χ1n) is 13.4. The number of rotatable bonds is 9. The second kappa shape index (κ2) is 12.6. The summed E-state index contributed by atoms with van der Waals surface area (Å²) in [5.74, 6) is 1.11. The number of hydrogen-bond donors (Lipinski definition) is 1. The number of alkyl halides is 1. The molecule has 194 valence electrons. The van der Waals surface area contributed by atoms with Crippen molar-refractivity contribution in [1.29, 1.82) is 0 Å². The molecule has 1 fully saturated rings. The van der Waals surface area contributed by atoms with Crippen LogP contribution < -0.4 is 5.73 Å². The molecule has 0 bridgehead atoms. The number of likely N-dealkylation sites (tertiary alicyclic amines) is 1. The second-order valence-electron chi connectivity index (χ2n) is 10.2. The van der Waals surface area contributed by atoms with Crippen molar-refractivity contribution in [2.24, 2.45) is 11.7 Å². The van der Waals surface area contributed by atoms with Gasteiger partial charge in [-0.1, -0.05) is 62.4 Å². The molecule has 36 heavy (non-hydrogen) atoms. The fourth-order valence-corrected chi connectivity index (χ4v) is 5.49. The summed E-state index contributed by atoms with van der Waals surface area (Å²) in [5.41, 5.74) is 9.19. The lowest BCUT2D eigenvalue weighted by Crippen LogP contribution is -2.49. The average molecular weight is 510 g/mol. The number of halogens is 1. The van der Waals surface area contributed by atoms with E-state index in [0.717, 1.165) is 55.9 Å². The third-order valence-electron chi connectivity index (χ3n) is 7.07. The van der Waals surface area contributed by atoms with Crippen molar-refractivity contribution in [1.82, 2.24) is 19.4 Å². The lowest BCUT2D eigenvalue weighted by atomic mass is 10.0. The minimum atomic E-state index is -0.157. The van der Waals surface area contributed by atoms with E-state index in [1.54, 1.807) is 0 Å². The van der Waals surface area contributed by atoms with Crippen molar-refractivity contribution in [2.75, 3.05) is 26.2 Å². The summed E-state index contributed by atoms with van der Waals surface area (Å²) in [5, 5.41) is -0.0321. The van der Waals surface area contributed by atoms with Crippen LogP contribution in [0.3, 0.4) is 0 Å². The minimum Gasteiger partial charge on any atom is -0.330 e. The Morgan fingerprint density at radius 2 is 1.94 bits per heavy atom. The van der Waals surface area contributed by atoms with Gasteiger partial charge in [-0.3, -0.25) is 0 Å². The van der Waals surface area contributed by atoms with Gasteiger partial charge in [-0.15, -0.1) is 11.6 Å². The molecule has 0 saturated carbocycles. The zero-order chi connectivity index (χ0) is 25.5. The van der Waals surface area contributed by atoms with Crippen LogP contribution in [-0.4, -0.2) is 56.9 Å². The van der Waals surface area contributed by atoms with Gasteiger partial charge in [0.1, 0.15) is 5.82 Å². The molecule has 2 atom stereocenters. The first kappa shape index (κ1) is 26.5. The normalized spacial score (nSPS) is 18.9. The molecule has 2 aliphatic rings. The number of aromatic nitrogens is 2. The number of nitrogens with zero attached hydrogens (tertiary/aromatic N) is 4. The quantitative estimate of drug-likeness (QED) is 0.432. The fraction of sp³-hybridized carbons (Fsp3) is 0.517. The number of hydrogen-bond acceptors (Lipinski definition) is 3. The van der Waals surface area contributed by atoms with E-state index in [-0.39, 0.29) is 23.4 Å². The predicted molar refractivity (Wildman–Crippen MR) is 148 cm³/mol. The van der Waals surface area contributed by atoms with Gasteiger partial charge in [0.2, 0.25) is 0 Å². The highest BCUT2D eigenvalue weighted by atomic mass is 35.5. The summed E-state index contributed by atoms with van der Waals surface area (Å²) in [6.07, 6.45) is 13.1. The molecular formula is C29H40ClN5O. The molecule has 4 rings (SSSR count). The van der Waals surface area contributed by atoms with Crippen molar-refractivity contribution >= 4 is 23.2 Å². The SMILES string of the molecule is CC(C)[C@H](c1nc(C2=CC=CC(Cl)C2)cn1Cc1ccccc1)N(CCCN)C(=O)N1CCCCC1. The monoisotopic (exact) mass is 509 g/mol. The highest BCUT2D eigenvalue weighted by Gasteiger charge is 2.34. The van der Waals surface area contributed by atoms with Gasteiger partial charge in [0.25, 0.3) is 0 Å².